The fourth-order valence-electron chi connectivity index (χ4n) is 2.71. The molecule has 0 unspecified atom stereocenters. The van der Waals surface area contributed by atoms with Crippen molar-refractivity contribution in [1.29, 1.82) is 0 Å². The highest BCUT2D eigenvalue weighted by Gasteiger charge is 2.15. The molecule has 1 aliphatic rings. The second-order valence-electron chi connectivity index (χ2n) is 6.16. The normalized spacial score (nSPS) is 14.6. The van der Waals surface area contributed by atoms with Crippen LogP contribution >= 0.6 is 0 Å². The van der Waals surface area contributed by atoms with Crippen LogP contribution in [0.3, 0.4) is 0 Å². The summed E-state index contributed by atoms with van der Waals surface area (Å²) in [6.07, 6.45) is 5.37. The van der Waals surface area contributed by atoms with E-state index in [0.29, 0.717) is 18.0 Å². The summed E-state index contributed by atoms with van der Waals surface area (Å²) in [7, 11) is 3.38. The molecular weight excluding hydrogens is 278 g/mol. The number of nitrogens with one attached hydrogen (secondary N) is 2. The summed E-state index contributed by atoms with van der Waals surface area (Å²) in [4.78, 5) is 25.1. The number of carbonyl (C=O) groups excluding carboxylic acids is 2. The van der Waals surface area contributed by atoms with Crippen LogP contribution in [-0.4, -0.2) is 37.5 Å². The fourth-order valence-corrected chi connectivity index (χ4v) is 2.71. The molecular formula is C17H25N3O2. The third-order valence-corrected chi connectivity index (χ3v) is 4.01. The lowest BCUT2D eigenvalue weighted by atomic mass is 10.1. The zero-order chi connectivity index (χ0) is 15.9. The molecule has 22 heavy (non-hydrogen) atoms. The third-order valence-electron chi connectivity index (χ3n) is 4.01. The minimum absolute atomic E-state index is 0.0444. The Bertz CT molecular complexity index is 522. The van der Waals surface area contributed by atoms with Crippen LogP contribution in [0.15, 0.2) is 24.3 Å². The van der Waals surface area contributed by atoms with Gasteiger partial charge in [-0.25, -0.2) is 4.79 Å². The minimum atomic E-state index is -0.178. The Morgan fingerprint density at radius 3 is 2.64 bits per heavy atom. The first-order chi connectivity index (χ1) is 10.5. The van der Waals surface area contributed by atoms with Gasteiger partial charge in [0.15, 0.2) is 0 Å². The Hall–Kier alpha value is -2.04. The van der Waals surface area contributed by atoms with Gasteiger partial charge in [-0.1, -0.05) is 25.0 Å². The predicted octanol–water partition coefficient (Wildman–Crippen LogP) is 2.63. The fraction of sp³-hybridized carbons (Fsp3) is 0.529. The van der Waals surface area contributed by atoms with Gasteiger partial charge in [-0.2, -0.15) is 0 Å². The number of hydrogen-bond donors (Lipinski definition) is 2. The van der Waals surface area contributed by atoms with E-state index < -0.39 is 0 Å². The Balaban J connectivity index is 1.83. The molecule has 0 aliphatic heterocycles. The van der Waals surface area contributed by atoms with Crippen LogP contribution in [0, 0.1) is 5.92 Å². The Morgan fingerprint density at radius 1 is 1.23 bits per heavy atom. The number of nitrogens with zero attached hydrogens (tertiary/aromatic N) is 1. The molecule has 3 amide bonds. The SMILES string of the molecule is CN(C)C(=O)Nc1cccc(CC(=O)NCC2CCCC2)c1. The van der Waals surface area contributed by atoms with Crippen molar-refractivity contribution in [2.75, 3.05) is 26.0 Å². The maximum Gasteiger partial charge on any atom is 0.321 e. The first-order valence-corrected chi connectivity index (χ1v) is 7.88. The highest BCUT2D eigenvalue weighted by atomic mass is 16.2. The van der Waals surface area contributed by atoms with Gasteiger partial charge >= 0.3 is 6.03 Å². The molecule has 0 radical (unpaired) electrons. The molecule has 1 aliphatic carbocycles. The molecule has 2 rings (SSSR count). The lowest BCUT2D eigenvalue weighted by Gasteiger charge is -2.13. The van der Waals surface area contributed by atoms with Gasteiger partial charge in [0, 0.05) is 26.3 Å². The highest BCUT2D eigenvalue weighted by molar-refractivity contribution is 5.89. The van der Waals surface area contributed by atoms with Gasteiger partial charge < -0.3 is 15.5 Å². The lowest BCUT2D eigenvalue weighted by molar-refractivity contribution is -0.120. The average Bonchev–Trinajstić information content (AvgIpc) is 2.98. The second kappa shape index (κ2) is 7.82. The summed E-state index contributed by atoms with van der Waals surface area (Å²) >= 11 is 0. The van der Waals surface area contributed by atoms with Crippen LogP contribution in [0.4, 0.5) is 10.5 Å². The molecule has 0 saturated heterocycles. The summed E-state index contributed by atoms with van der Waals surface area (Å²) in [5.41, 5.74) is 1.61. The van der Waals surface area contributed by atoms with Gasteiger partial charge in [0.25, 0.3) is 0 Å². The summed E-state index contributed by atoms with van der Waals surface area (Å²) < 4.78 is 0. The third kappa shape index (κ3) is 5.06. The Kier molecular flexibility index (Phi) is 5.81. The van der Waals surface area contributed by atoms with E-state index in [1.54, 1.807) is 14.1 Å². The van der Waals surface area contributed by atoms with Crippen molar-refractivity contribution in [2.45, 2.75) is 32.1 Å². The first kappa shape index (κ1) is 16.3. The molecule has 0 aromatic heterocycles. The predicted molar refractivity (Wildman–Crippen MR) is 87.8 cm³/mol. The number of rotatable bonds is 5. The molecule has 5 nitrogen and oxygen atoms in total. The van der Waals surface area contributed by atoms with Crippen molar-refractivity contribution in [2.24, 2.45) is 5.92 Å². The smallest absolute Gasteiger partial charge is 0.321 e. The molecule has 120 valence electrons. The van der Waals surface area contributed by atoms with E-state index in [9.17, 15) is 9.59 Å². The van der Waals surface area contributed by atoms with Crippen LogP contribution < -0.4 is 10.6 Å². The number of urea groups is 1. The summed E-state index contributed by atoms with van der Waals surface area (Å²) in [5, 5.41) is 5.80. The summed E-state index contributed by atoms with van der Waals surface area (Å²) in [6.45, 7) is 0.788. The standard InChI is InChI=1S/C17H25N3O2/c1-20(2)17(22)19-15-9-5-8-14(10-15)11-16(21)18-12-13-6-3-4-7-13/h5,8-10,13H,3-4,6-7,11-12H2,1-2H3,(H,18,21)(H,19,22). The maximum atomic E-state index is 12.0. The minimum Gasteiger partial charge on any atom is -0.356 e. The van der Waals surface area contributed by atoms with Crippen LogP contribution in [0.5, 0.6) is 0 Å². The molecule has 0 spiro atoms. The number of amides is 3. The van der Waals surface area contributed by atoms with E-state index in [2.05, 4.69) is 10.6 Å². The van der Waals surface area contributed by atoms with E-state index >= 15 is 0 Å². The summed E-state index contributed by atoms with van der Waals surface area (Å²) in [5.74, 6) is 0.692. The Labute approximate surface area is 132 Å². The zero-order valence-electron chi connectivity index (χ0n) is 13.4. The van der Waals surface area contributed by atoms with E-state index in [1.807, 2.05) is 24.3 Å². The van der Waals surface area contributed by atoms with E-state index in [-0.39, 0.29) is 11.9 Å². The quantitative estimate of drug-likeness (QED) is 0.878. The van der Waals surface area contributed by atoms with Gasteiger partial charge in [0.05, 0.1) is 6.42 Å². The van der Waals surface area contributed by atoms with E-state index in [0.717, 1.165) is 12.1 Å². The van der Waals surface area contributed by atoms with Crippen molar-refractivity contribution in [3.63, 3.8) is 0 Å². The molecule has 0 atom stereocenters. The van der Waals surface area contributed by atoms with E-state index in [1.165, 1.54) is 30.6 Å². The van der Waals surface area contributed by atoms with Crippen molar-refractivity contribution >= 4 is 17.6 Å². The molecule has 0 heterocycles. The topological polar surface area (TPSA) is 61.4 Å². The largest absolute Gasteiger partial charge is 0.356 e. The van der Waals surface area contributed by atoms with Crippen LogP contribution in [0.1, 0.15) is 31.2 Å². The van der Waals surface area contributed by atoms with Crippen LogP contribution in [0.2, 0.25) is 0 Å². The molecule has 1 fully saturated rings. The molecule has 5 heteroatoms. The Morgan fingerprint density at radius 2 is 1.95 bits per heavy atom. The van der Waals surface area contributed by atoms with Gasteiger partial charge in [-0.15, -0.1) is 0 Å². The average molecular weight is 303 g/mol. The summed E-state index contributed by atoms with van der Waals surface area (Å²) in [6, 6.07) is 7.24. The van der Waals surface area contributed by atoms with Crippen molar-refractivity contribution < 1.29 is 9.59 Å². The lowest BCUT2D eigenvalue weighted by Crippen LogP contribution is -2.29. The van der Waals surface area contributed by atoms with Gasteiger partial charge in [0.1, 0.15) is 0 Å². The number of carbonyl (C=O) groups is 2. The van der Waals surface area contributed by atoms with Crippen molar-refractivity contribution in [3.05, 3.63) is 29.8 Å². The molecule has 0 bridgehead atoms. The maximum absolute atomic E-state index is 12.0. The molecule has 2 N–H and O–H groups in total. The van der Waals surface area contributed by atoms with Gasteiger partial charge in [-0.3, -0.25) is 4.79 Å². The zero-order valence-corrected chi connectivity index (χ0v) is 13.4. The number of hydrogen-bond acceptors (Lipinski definition) is 2. The van der Waals surface area contributed by atoms with Crippen LogP contribution in [-0.2, 0) is 11.2 Å². The van der Waals surface area contributed by atoms with Gasteiger partial charge in [-0.05, 0) is 36.5 Å². The number of anilines is 1. The van der Waals surface area contributed by atoms with Crippen molar-refractivity contribution in [3.8, 4) is 0 Å². The first-order valence-electron chi connectivity index (χ1n) is 7.88. The van der Waals surface area contributed by atoms with Crippen molar-refractivity contribution in [1.82, 2.24) is 10.2 Å². The monoisotopic (exact) mass is 303 g/mol. The van der Waals surface area contributed by atoms with Gasteiger partial charge in [0.2, 0.25) is 5.91 Å². The van der Waals surface area contributed by atoms with Crippen LogP contribution in [0.25, 0.3) is 0 Å². The van der Waals surface area contributed by atoms with E-state index in [4.69, 9.17) is 0 Å². The molecule has 1 aromatic rings. The molecule has 1 aromatic carbocycles. The second-order valence-corrected chi connectivity index (χ2v) is 6.16. The highest BCUT2D eigenvalue weighted by Crippen LogP contribution is 2.23. The number of benzene rings is 1. The molecule has 1 saturated carbocycles.